The van der Waals surface area contributed by atoms with Gasteiger partial charge in [0, 0.05) is 6.42 Å². The third-order valence-electron chi connectivity index (χ3n) is 11.1. The minimum atomic E-state index is -0.814. The quantitative estimate of drug-likeness (QED) is 0.0245. The minimum absolute atomic E-state index is 0.0183. The molecule has 6 nitrogen and oxygen atoms in total. The number of amides is 1. The molecule has 0 aromatic carbocycles. The lowest BCUT2D eigenvalue weighted by molar-refractivity contribution is -0.151. The van der Waals surface area contributed by atoms with E-state index >= 15 is 0 Å². The smallest absolute Gasteiger partial charge is 0.306 e. The molecular formula is C56H95NO5. The highest BCUT2D eigenvalue weighted by atomic mass is 16.5. The molecule has 0 radical (unpaired) electrons. The number of carbonyl (C=O) groups is 2. The normalized spacial score (nSPS) is 14.1. The number of aliphatic hydroxyl groups excluding tert-OH is 2. The number of aliphatic hydroxyl groups is 2. The van der Waals surface area contributed by atoms with Crippen molar-refractivity contribution < 1.29 is 24.5 Å². The second-order valence-electron chi connectivity index (χ2n) is 17.0. The summed E-state index contributed by atoms with van der Waals surface area (Å²) in [6, 6.07) is -0.732. The first kappa shape index (κ1) is 58.8. The maximum atomic E-state index is 13.2. The first-order valence-electron chi connectivity index (χ1n) is 25.5. The summed E-state index contributed by atoms with van der Waals surface area (Å²) in [4.78, 5) is 26.1. The molecule has 3 atom stereocenters. The van der Waals surface area contributed by atoms with Gasteiger partial charge in [0.25, 0.3) is 0 Å². The highest BCUT2D eigenvalue weighted by Gasteiger charge is 2.24. The molecule has 0 aliphatic heterocycles. The number of allylic oxidation sites excluding steroid dienone is 16. The average molecular weight is 862 g/mol. The molecule has 0 fully saturated rings. The van der Waals surface area contributed by atoms with Crippen molar-refractivity contribution in [2.24, 2.45) is 0 Å². The van der Waals surface area contributed by atoms with Crippen LogP contribution in [0.5, 0.6) is 0 Å². The van der Waals surface area contributed by atoms with Crippen LogP contribution < -0.4 is 5.32 Å². The van der Waals surface area contributed by atoms with E-state index in [1.807, 2.05) is 60.8 Å². The maximum Gasteiger partial charge on any atom is 0.306 e. The summed E-state index contributed by atoms with van der Waals surface area (Å²) in [6.07, 6.45) is 64.7. The number of ether oxygens (including phenoxy) is 1. The zero-order chi connectivity index (χ0) is 45.2. The van der Waals surface area contributed by atoms with E-state index in [0.29, 0.717) is 19.3 Å². The van der Waals surface area contributed by atoms with Crippen molar-refractivity contribution in [3.8, 4) is 0 Å². The van der Waals surface area contributed by atoms with Crippen LogP contribution in [0.2, 0.25) is 0 Å². The van der Waals surface area contributed by atoms with Crippen molar-refractivity contribution >= 4 is 11.9 Å². The molecule has 0 aromatic heterocycles. The van der Waals surface area contributed by atoms with Crippen molar-refractivity contribution in [2.45, 2.75) is 238 Å². The third kappa shape index (κ3) is 43.4. The number of hydrogen-bond donors (Lipinski definition) is 3. The first-order valence-corrected chi connectivity index (χ1v) is 25.5. The second kappa shape index (κ2) is 48.8. The van der Waals surface area contributed by atoms with Crippen LogP contribution in [0.3, 0.4) is 0 Å². The van der Waals surface area contributed by atoms with Gasteiger partial charge in [0.05, 0.1) is 25.2 Å². The zero-order valence-electron chi connectivity index (χ0n) is 40.2. The van der Waals surface area contributed by atoms with Gasteiger partial charge in [-0.15, -0.1) is 0 Å². The van der Waals surface area contributed by atoms with Crippen molar-refractivity contribution in [1.82, 2.24) is 5.32 Å². The van der Waals surface area contributed by atoms with Crippen molar-refractivity contribution in [3.05, 3.63) is 97.2 Å². The summed E-state index contributed by atoms with van der Waals surface area (Å²) in [7, 11) is 0. The van der Waals surface area contributed by atoms with Gasteiger partial charge in [-0.05, 0) is 64.2 Å². The predicted molar refractivity (Wildman–Crippen MR) is 268 cm³/mol. The van der Waals surface area contributed by atoms with Gasteiger partial charge < -0.3 is 20.3 Å². The van der Waals surface area contributed by atoms with E-state index in [1.165, 1.54) is 96.3 Å². The van der Waals surface area contributed by atoms with Crippen LogP contribution in [0.25, 0.3) is 0 Å². The highest BCUT2D eigenvalue weighted by molar-refractivity contribution is 5.77. The molecule has 0 bridgehead atoms. The molecule has 62 heavy (non-hydrogen) atoms. The largest absolute Gasteiger partial charge is 0.462 e. The Labute approximate surface area is 382 Å². The van der Waals surface area contributed by atoms with Crippen LogP contribution >= 0.6 is 0 Å². The summed E-state index contributed by atoms with van der Waals surface area (Å²) in [5, 5.41) is 23.7. The number of esters is 1. The van der Waals surface area contributed by atoms with Gasteiger partial charge in [-0.1, -0.05) is 240 Å². The molecule has 3 unspecified atom stereocenters. The van der Waals surface area contributed by atoms with E-state index in [1.54, 1.807) is 0 Å². The number of carbonyl (C=O) groups excluding carboxylic acids is 2. The van der Waals surface area contributed by atoms with Gasteiger partial charge in [0.2, 0.25) is 5.91 Å². The summed E-state index contributed by atoms with van der Waals surface area (Å²) < 4.78 is 5.89. The number of unbranched alkanes of at least 4 members (excludes halogenated alkanes) is 21. The lowest BCUT2D eigenvalue weighted by atomic mass is 10.0. The average Bonchev–Trinajstić information content (AvgIpc) is 3.26. The van der Waals surface area contributed by atoms with E-state index in [2.05, 4.69) is 62.5 Å². The van der Waals surface area contributed by atoms with Crippen LogP contribution in [0.15, 0.2) is 97.2 Å². The van der Waals surface area contributed by atoms with Crippen LogP contribution in [0.1, 0.15) is 220 Å². The van der Waals surface area contributed by atoms with Gasteiger partial charge in [0.1, 0.15) is 6.10 Å². The standard InChI is InChI=1S/C56H95NO5/c1-4-7-10-13-16-19-22-25-28-29-32-35-38-41-44-47-52(62-56(61)49-46-43-40-37-34-31-27-24-21-18-15-12-9-6-3)50-55(60)57-53(51-58)54(59)48-45-42-39-36-33-30-26-23-20-17-14-11-8-5-2/h7,9-10,12-13,16,18-19,21-22,25,28-29,32,35,38,52-54,58-59H,4-6,8,11,14-15,17,20,23-24,26-27,30-31,33-34,36-37,39-51H2,1-3H3,(H,57,60)/b10-7-,12-9+,16-13+,21-18+,22-19+,28-25-,32-29+,38-35+. The minimum Gasteiger partial charge on any atom is -0.462 e. The van der Waals surface area contributed by atoms with Crippen LogP contribution in [0.4, 0.5) is 0 Å². The maximum absolute atomic E-state index is 13.2. The molecule has 0 heterocycles. The van der Waals surface area contributed by atoms with Crippen molar-refractivity contribution in [3.63, 3.8) is 0 Å². The summed E-state index contributed by atoms with van der Waals surface area (Å²) in [5.74, 6) is -0.565. The Morgan fingerprint density at radius 1 is 0.500 bits per heavy atom. The topological polar surface area (TPSA) is 95.9 Å². The monoisotopic (exact) mass is 862 g/mol. The Morgan fingerprint density at radius 2 is 0.968 bits per heavy atom. The van der Waals surface area contributed by atoms with Gasteiger partial charge in [0.15, 0.2) is 0 Å². The Morgan fingerprint density at radius 3 is 1.52 bits per heavy atom. The van der Waals surface area contributed by atoms with Gasteiger partial charge >= 0.3 is 5.97 Å². The van der Waals surface area contributed by atoms with Crippen molar-refractivity contribution in [1.29, 1.82) is 0 Å². The van der Waals surface area contributed by atoms with Gasteiger partial charge in [-0.2, -0.15) is 0 Å². The Kier molecular flexibility index (Phi) is 46.3. The van der Waals surface area contributed by atoms with E-state index in [9.17, 15) is 19.8 Å². The Hall–Kier alpha value is -3.22. The molecule has 0 aliphatic carbocycles. The predicted octanol–water partition coefficient (Wildman–Crippen LogP) is 15.3. The van der Waals surface area contributed by atoms with E-state index in [4.69, 9.17) is 4.74 Å². The number of hydrogen-bond acceptors (Lipinski definition) is 5. The zero-order valence-corrected chi connectivity index (χ0v) is 40.2. The SMILES string of the molecule is CC\C=C/C=C/C=C/C=C\C=C\C=C\CCCC(CC(=O)NC(CO)C(O)CCCCCCCCCCCCCCCC)OC(=O)CCCCCCCCC/C=C/C/C=C/CC. The molecule has 0 saturated carbocycles. The lowest BCUT2D eigenvalue weighted by Gasteiger charge is -2.24. The number of rotatable bonds is 44. The van der Waals surface area contributed by atoms with Crippen LogP contribution in [-0.4, -0.2) is 46.9 Å². The second-order valence-corrected chi connectivity index (χ2v) is 17.0. The molecule has 0 aliphatic rings. The third-order valence-corrected chi connectivity index (χ3v) is 11.1. The van der Waals surface area contributed by atoms with E-state index in [0.717, 1.165) is 77.0 Å². The molecule has 6 heteroatoms. The van der Waals surface area contributed by atoms with E-state index in [-0.39, 0.29) is 24.9 Å². The lowest BCUT2D eigenvalue weighted by Crippen LogP contribution is -2.46. The molecule has 0 aromatic rings. The Bertz CT molecular complexity index is 1240. The van der Waals surface area contributed by atoms with Crippen LogP contribution in [0, 0.1) is 0 Å². The molecule has 354 valence electrons. The highest BCUT2D eigenvalue weighted by Crippen LogP contribution is 2.17. The fourth-order valence-corrected chi connectivity index (χ4v) is 7.27. The molecule has 3 N–H and O–H groups in total. The summed E-state index contributed by atoms with van der Waals surface area (Å²) in [6.45, 7) is 6.20. The van der Waals surface area contributed by atoms with E-state index < -0.39 is 18.2 Å². The molecule has 1 amide bonds. The fourth-order valence-electron chi connectivity index (χ4n) is 7.27. The van der Waals surface area contributed by atoms with Gasteiger partial charge in [-0.3, -0.25) is 9.59 Å². The van der Waals surface area contributed by atoms with Gasteiger partial charge in [-0.25, -0.2) is 0 Å². The first-order chi connectivity index (χ1) is 30.5. The molecule has 0 rings (SSSR count). The molecule has 0 saturated heterocycles. The number of nitrogens with one attached hydrogen (secondary N) is 1. The van der Waals surface area contributed by atoms with Crippen LogP contribution in [-0.2, 0) is 14.3 Å². The molecular weight excluding hydrogens is 767 g/mol. The van der Waals surface area contributed by atoms with Crippen molar-refractivity contribution in [2.75, 3.05) is 6.61 Å². The molecule has 0 spiro atoms. The summed E-state index contributed by atoms with van der Waals surface area (Å²) in [5.41, 5.74) is 0. The summed E-state index contributed by atoms with van der Waals surface area (Å²) >= 11 is 0. The Balaban J connectivity index is 4.74. The fraction of sp³-hybridized carbons (Fsp3) is 0.679.